The summed E-state index contributed by atoms with van der Waals surface area (Å²) < 4.78 is 67.0. The Bertz CT molecular complexity index is 1330. The summed E-state index contributed by atoms with van der Waals surface area (Å²) in [5.74, 6) is -4.26. The van der Waals surface area contributed by atoms with Crippen LogP contribution < -0.4 is 20.5 Å². The van der Waals surface area contributed by atoms with Crippen LogP contribution in [0.25, 0.3) is 11.1 Å². The molecule has 4 N–H and O–H groups in total. The van der Waals surface area contributed by atoms with Crippen LogP contribution in [-0.2, 0) is 12.0 Å². The zero-order valence-corrected chi connectivity index (χ0v) is 20.3. The molecule has 3 aromatic rings. The molecule has 11 heteroatoms. The fraction of sp³-hybridized carbons (Fsp3) is 0.269. The number of halogens is 5. The van der Waals surface area contributed by atoms with Crippen LogP contribution in [0.5, 0.6) is 11.5 Å². The lowest BCUT2D eigenvalue weighted by molar-refractivity contribution is -0.0521. The Labute approximate surface area is 214 Å². The monoisotopic (exact) mass is 538 g/mol. The molecule has 0 spiro atoms. The molecule has 1 heterocycles. The van der Waals surface area contributed by atoms with Crippen LogP contribution in [0.4, 0.5) is 17.6 Å². The van der Waals surface area contributed by atoms with Gasteiger partial charge in [0.15, 0.2) is 17.2 Å². The Morgan fingerprint density at radius 2 is 1.92 bits per heavy atom. The van der Waals surface area contributed by atoms with Crippen LogP contribution in [0.15, 0.2) is 48.5 Å². The molecule has 1 aliphatic heterocycles. The first-order valence-electron chi connectivity index (χ1n) is 11.2. The Morgan fingerprint density at radius 3 is 2.54 bits per heavy atom. The summed E-state index contributed by atoms with van der Waals surface area (Å²) >= 11 is 6.32. The first-order valence-corrected chi connectivity index (χ1v) is 11.6. The largest absolute Gasteiger partial charge is 0.480 e. The Kier molecular flexibility index (Phi) is 7.63. The van der Waals surface area contributed by atoms with E-state index in [0.717, 1.165) is 18.2 Å². The second-order valence-corrected chi connectivity index (χ2v) is 9.05. The summed E-state index contributed by atoms with van der Waals surface area (Å²) in [6, 6.07) is 11.5. The molecule has 0 unspecified atom stereocenters. The molecule has 0 aliphatic carbocycles. The highest BCUT2D eigenvalue weighted by Gasteiger charge is 2.44. The van der Waals surface area contributed by atoms with Crippen molar-refractivity contribution in [2.24, 2.45) is 5.73 Å². The van der Waals surface area contributed by atoms with Crippen molar-refractivity contribution < 1.29 is 36.9 Å². The van der Waals surface area contributed by atoms with Gasteiger partial charge in [0.1, 0.15) is 11.6 Å². The molecule has 0 bridgehead atoms. The van der Waals surface area contributed by atoms with Gasteiger partial charge in [-0.25, -0.2) is 8.78 Å². The fourth-order valence-electron chi connectivity index (χ4n) is 4.40. The first kappa shape index (κ1) is 26.7. The van der Waals surface area contributed by atoms with E-state index in [1.54, 1.807) is 37.3 Å². The van der Waals surface area contributed by atoms with Crippen molar-refractivity contribution in [1.29, 1.82) is 0 Å². The lowest BCUT2D eigenvalue weighted by Gasteiger charge is -2.31. The number of ether oxygens (including phenoxy) is 2. The van der Waals surface area contributed by atoms with E-state index in [9.17, 15) is 18.7 Å². The van der Waals surface area contributed by atoms with E-state index < -0.39 is 51.7 Å². The minimum absolute atomic E-state index is 0.0224. The number of aliphatic hydroxyl groups is 1. The molecule has 4 rings (SSSR count). The van der Waals surface area contributed by atoms with Crippen LogP contribution in [0.1, 0.15) is 28.4 Å². The van der Waals surface area contributed by atoms with E-state index in [2.05, 4.69) is 10.1 Å². The van der Waals surface area contributed by atoms with E-state index >= 15 is 8.78 Å². The summed E-state index contributed by atoms with van der Waals surface area (Å²) in [6.45, 7) is -1.60. The molecule has 0 saturated heterocycles. The van der Waals surface area contributed by atoms with Gasteiger partial charge in [-0.05, 0) is 24.6 Å². The standard InChI is InChI=1S/C26H23ClF4N2O4/c1-13(11-34)33-12-26(14-5-3-2-4-6-14)10-16-19(37-26)9-17(28)22(27)20(16)21-15(24(32)35)7-8-18(23(21)29)36-25(30)31/h2-9,13,25,33-34H,10-12H2,1H3,(H2,32,35)/t13-,26+/m0/s1. The number of hydrogen-bond acceptors (Lipinski definition) is 5. The van der Waals surface area contributed by atoms with E-state index in [1.807, 2.05) is 0 Å². The lowest BCUT2D eigenvalue weighted by Crippen LogP contribution is -2.45. The Hall–Kier alpha value is -3.34. The average Bonchev–Trinajstić information content (AvgIpc) is 3.24. The quantitative estimate of drug-likeness (QED) is 0.341. The van der Waals surface area contributed by atoms with E-state index in [1.165, 1.54) is 0 Å². The second kappa shape index (κ2) is 10.6. The van der Waals surface area contributed by atoms with Crippen molar-refractivity contribution in [1.82, 2.24) is 5.32 Å². The zero-order valence-electron chi connectivity index (χ0n) is 19.5. The first-order chi connectivity index (χ1) is 17.6. The summed E-state index contributed by atoms with van der Waals surface area (Å²) in [6.07, 6.45) is 0.0321. The van der Waals surface area contributed by atoms with Gasteiger partial charge in [0.05, 0.1) is 17.2 Å². The topological polar surface area (TPSA) is 93.8 Å². The van der Waals surface area contributed by atoms with Gasteiger partial charge in [-0.3, -0.25) is 4.79 Å². The molecule has 1 aliphatic rings. The maximum atomic E-state index is 15.6. The number of nitrogens with two attached hydrogens (primary N) is 1. The number of rotatable bonds is 9. The number of aliphatic hydroxyl groups excluding tert-OH is 1. The van der Waals surface area contributed by atoms with Crippen LogP contribution in [0.3, 0.4) is 0 Å². The number of benzene rings is 3. The fourth-order valence-corrected chi connectivity index (χ4v) is 4.66. The van der Waals surface area contributed by atoms with E-state index in [0.29, 0.717) is 5.56 Å². The van der Waals surface area contributed by atoms with Crippen molar-refractivity contribution in [3.63, 3.8) is 0 Å². The smallest absolute Gasteiger partial charge is 0.387 e. The van der Waals surface area contributed by atoms with Crippen LogP contribution in [-0.4, -0.2) is 36.8 Å². The SMILES string of the molecule is C[C@@H](CO)NC[C@@]1(c2ccccc2)Cc2c(cc(F)c(Cl)c2-c2c(C(N)=O)ccc(OC(F)F)c2F)O1. The molecule has 6 nitrogen and oxygen atoms in total. The van der Waals surface area contributed by atoms with Gasteiger partial charge in [0, 0.05) is 41.8 Å². The van der Waals surface area contributed by atoms with Crippen molar-refractivity contribution >= 4 is 17.5 Å². The summed E-state index contributed by atoms with van der Waals surface area (Å²) in [7, 11) is 0. The molecule has 37 heavy (non-hydrogen) atoms. The maximum absolute atomic E-state index is 15.6. The lowest BCUT2D eigenvalue weighted by atomic mass is 9.85. The highest BCUT2D eigenvalue weighted by molar-refractivity contribution is 6.34. The van der Waals surface area contributed by atoms with Crippen molar-refractivity contribution in [3.8, 4) is 22.6 Å². The number of hydrogen-bond donors (Lipinski definition) is 3. The molecule has 196 valence electrons. The molecule has 0 fully saturated rings. The number of carbonyl (C=O) groups excluding carboxylic acids is 1. The third-order valence-corrected chi connectivity index (χ3v) is 6.57. The highest BCUT2D eigenvalue weighted by Crippen LogP contribution is 2.50. The van der Waals surface area contributed by atoms with Gasteiger partial charge in [-0.1, -0.05) is 41.9 Å². The number of amides is 1. The van der Waals surface area contributed by atoms with Crippen molar-refractivity contribution in [2.45, 2.75) is 31.6 Å². The van der Waals surface area contributed by atoms with Crippen LogP contribution in [0, 0.1) is 11.6 Å². The maximum Gasteiger partial charge on any atom is 0.387 e. The van der Waals surface area contributed by atoms with Gasteiger partial charge < -0.3 is 25.6 Å². The molecule has 0 aromatic heterocycles. The predicted octanol–water partition coefficient (Wildman–Crippen LogP) is 4.79. The number of nitrogens with one attached hydrogen (secondary N) is 1. The van der Waals surface area contributed by atoms with Gasteiger partial charge >= 0.3 is 6.61 Å². The summed E-state index contributed by atoms with van der Waals surface area (Å²) in [5.41, 5.74) is 4.01. The number of fused-ring (bicyclic) bond motifs is 1. The molecule has 0 saturated carbocycles. The van der Waals surface area contributed by atoms with Crippen molar-refractivity contribution in [2.75, 3.05) is 13.2 Å². The van der Waals surface area contributed by atoms with Gasteiger partial charge in [-0.2, -0.15) is 8.78 Å². The molecule has 0 radical (unpaired) electrons. The van der Waals surface area contributed by atoms with Crippen LogP contribution >= 0.6 is 11.6 Å². The van der Waals surface area contributed by atoms with E-state index in [4.69, 9.17) is 22.1 Å². The van der Waals surface area contributed by atoms with Gasteiger partial charge in [0.25, 0.3) is 0 Å². The molecule has 1 amide bonds. The number of carbonyl (C=O) groups is 1. The third-order valence-electron chi connectivity index (χ3n) is 6.20. The van der Waals surface area contributed by atoms with Crippen LogP contribution in [0.2, 0.25) is 5.02 Å². The molecular weight excluding hydrogens is 516 g/mol. The van der Waals surface area contributed by atoms with E-state index in [-0.39, 0.29) is 42.5 Å². The van der Waals surface area contributed by atoms with Crippen molar-refractivity contribution in [3.05, 3.63) is 81.9 Å². The zero-order chi connectivity index (χ0) is 26.9. The second-order valence-electron chi connectivity index (χ2n) is 8.67. The molecular formula is C26H23ClF4N2O4. The minimum Gasteiger partial charge on any atom is -0.480 e. The highest BCUT2D eigenvalue weighted by atomic mass is 35.5. The normalized spacial score (nSPS) is 17.4. The summed E-state index contributed by atoms with van der Waals surface area (Å²) in [4.78, 5) is 12.2. The number of alkyl halides is 2. The third kappa shape index (κ3) is 5.09. The van der Waals surface area contributed by atoms with Gasteiger partial charge in [-0.15, -0.1) is 0 Å². The number of primary amides is 1. The Morgan fingerprint density at radius 1 is 1.22 bits per heavy atom. The Balaban J connectivity index is 1.94. The summed E-state index contributed by atoms with van der Waals surface area (Å²) in [5, 5.41) is 12.1. The average molecular weight is 539 g/mol. The minimum atomic E-state index is -3.36. The molecule has 3 aromatic carbocycles. The molecule has 2 atom stereocenters. The predicted molar refractivity (Wildman–Crippen MR) is 129 cm³/mol. The van der Waals surface area contributed by atoms with Gasteiger partial charge in [0.2, 0.25) is 5.91 Å².